The second-order valence-electron chi connectivity index (χ2n) is 2.84. The summed E-state index contributed by atoms with van der Waals surface area (Å²) in [5.41, 5.74) is 0. The average Bonchev–Trinajstić information content (AvgIpc) is 2.10. The molecule has 1 atom stereocenters. The summed E-state index contributed by atoms with van der Waals surface area (Å²) >= 11 is 2.14. The van der Waals surface area contributed by atoms with E-state index in [2.05, 4.69) is 34.3 Å². The molecule has 2 nitrogen and oxygen atoms in total. The van der Waals surface area contributed by atoms with Crippen LogP contribution in [0.15, 0.2) is 0 Å². The van der Waals surface area contributed by atoms with Gasteiger partial charge >= 0.3 is 5.97 Å². The zero-order chi connectivity index (χ0) is 9.40. The second kappa shape index (κ2) is 7.83. The van der Waals surface area contributed by atoms with Crippen molar-refractivity contribution in [3.8, 4) is 0 Å². The maximum Gasteiger partial charge on any atom is 0.318 e. The number of methoxy groups -OCH3 is 1. The third-order valence-electron chi connectivity index (χ3n) is 1.77. The Hall–Kier alpha value is 0.200. The number of rotatable bonds is 6. The summed E-state index contributed by atoms with van der Waals surface area (Å²) in [6.07, 6.45) is 5.82. The maximum absolute atomic E-state index is 10.9. The molecule has 0 rings (SSSR count). The largest absolute Gasteiger partial charge is 0.468 e. The number of hydrogen-bond acceptors (Lipinski definition) is 2. The van der Waals surface area contributed by atoms with Crippen LogP contribution in [0.25, 0.3) is 0 Å². The van der Waals surface area contributed by atoms with Crippen LogP contribution in [0.1, 0.15) is 39.0 Å². The van der Waals surface area contributed by atoms with E-state index in [1.807, 2.05) is 0 Å². The summed E-state index contributed by atoms with van der Waals surface area (Å²) in [6.45, 7) is 2.18. The lowest BCUT2D eigenvalue weighted by atomic mass is 10.1. The van der Waals surface area contributed by atoms with Gasteiger partial charge in [-0.05, 0) is 6.42 Å². The first-order valence-corrected chi connectivity index (χ1v) is 5.68. The molecule has 0 saturated carbocycles. The minimum Gasteiger partial charge on any atom is -0.468 e. The number of alkyl halides is 1. The van der Waals surface area contributed by atoms with E-state index in [1.165, 1.54) is 26.4 Å². The molecule has 0 aliphatic rings. The molecule has 3 heteroatoms. The average molecular weight is 284 g/mol. The molecular formula is C9H17IO2. The van der Waals surface area contributed by atoms with Crippen LogP contribution < -0.4 is 0 Å². The molecular weight excluding hydrogens is 267 g/mol. The first-order valence-electron chi connectivity index (χ1n) is 4.44. The van der Waals surface area contributed by atoms with E-state index in [9.17, 15) is 4.79 Å². The summed E-state index contributed by atoms with van der Waals surface area (Å²) in [6, 6.07) is 0. The number of carbonyl (C=O) groups excluding carboxylic acids is 1. The minimum atomic E-state index is -0.0906. The smallest absolute Gasteiger partial charge is 0.318 e. The van der Waals surface area contributed by atoms with Crippen LogP contribution in [0.2, 0.25) is 0 Å². The Kier molecular flexibility index (Phi) is 7.96. The molecule has 0 radical (unpaired) electrons. The Morgan fingerprint density at radius 1 is 1.42 bits per heavy atom. The first-order chi connectivity index (χ1) is 5.72. The third-order valence-corrected chi connectivity index (χ3v) is 2.90. The molecule has 0 saturated heterocycles. The molecule has 0 amide bonds. The Morgan fingerprint density at radius 3 is 2.58 bits per heavy atom. The van der Waals surface area contributed by atoms with Crippen molar-refractivity contribution < 1.29 is 9.53 Å². The standard InChI is InChI=1S/C9H17IO2/c1-3-4-5-6-7-8(10)9(11)12-2/h8H,3-7H2,1-2H3. The van der Waals surface area contributed by atoms with Crippen molar-refractivity contribution in [2.24, 2.45) is 0 Å². The molecule has 0 N–H and O–H groups in total. The van der Waals surface area contributed by atoms with Crippen LogP contribution in [-0.2, 0) is 9.53 Å². The highest BCUT2D eigenvalue weighted by Gasteiger charge is 2.13. The van der Waals surface area contributed by atoms with Gasteiger partial charge in [-0.2, -0.15) is 0 Å². The summed E-state index contributed by atoms with van der Waals surface area (Å²) in [7, 11) is 1.44. The maximum atomic E-state index is 10.9. The van der Waals surface area contributed by atoms with Crippen molar-refractivity contribution in [1.82, 2.24) is 0 Å². The van der Waals surface area contributed by atoms with Gasteiger partial charge in [0, 0.05) is 0 Å². The fraction of sp³-hybridized carbons (Fsp3) is 0.889. The van der Waals surface area contributed by atoms with Crippen molar-refractivity contribution in [2.45, 2.75) is 43.0 Å². The molecule has 0 aromatic carbocycles. The van der Waals surface area contributed by atoms with Crippen LogP contribution in [0.4, 0.5) is 0 Å². The van der Waals surface area contributed by atoms with Gasteiger partial charge in [0.05, 0.1) is 7.11 Å². The van der Waals surface area contributed by atoms with Crippen LogP contribution >= 0.6 is 22.6 Å². The minimum absolute atomic E-state index is 0.0458. The van der Waals surface area contributed by atoms with Gasteiger partial charge in [-0.15, -0.1) is 0 Å². The molecule has 0 aromatic rings. The lowest BCUT2D eigenvalue weighted by Crippen LogP contribution is -2.14. The quantitative estimate of drug-likeness (QED) is 0.324. The zero-order valence-corrected chi connectivity index (χ0v) is 9.96. The SMILES string of the molecule is CCCCCCC(I)C(=O)OC. The number of halogens is 1. The predicted octanol–water partition coefficient (Wildman–Crippen LogP) is 2.93. The van der Waals surface area contributed by atoms with Gasteiger partial charge in [-0.1, -0.05) is 55.2 Å². The van der Waals surface area contributed by atoms with Gasteiger partial charge in [0.25, 0.3) is 0 Å². The highest BCUT2D eigenvalue weighted by Crippen LogP contribution is 2.13. The van der Waals surface area contributed by atoms with Crippen molar-refractivity contribution in [3.63, 3.8) is 0 Å². The number of ether oxygens (including phenoxy) is 1. The number of carbonyl (C=O) groups is 1. The number of esters is 1. The van der Waals surface area contributed by atoms with E-state index in [0.717, 1.165) is 12.8 Å². The highest BCUT2D eigenvalue weighted by molar-refractivity contribution is 14.1. The second-order valence-corrected chi connectivity index (χ2v) is 4.34. The van der Waals surface area contributed by atoms with Crippen LogP contribution in [0.3, 0.4) is 0 Å². The van der Waals surface area contributed by atoms with E-state index < -0.39 is 0 Å². The molecule has 0 bridgehead atoms. The van der Waals surface area contributed by atoms with E-state index in [-0.39, 0.29) is 9.89 Å². The van der Waals surface area contributed by atoms with Crippen molar-refractivity contribution in [1.29, 1.82) is 0 Å². The molecule has 1 unspecified atom stereocenters. The molecule has 0 aliphatic carbocycles. The van der Waals surface area contributed by atoms with E-state index in [4.69, 9.17) is 0 Å². The summed E-state index contributed by atoms with van der Waals surface area (Å²) in [4.78, 5) is 10.9. The van der Waals surface area contributed by atoms with E-state index >= 15 is 0 Å². The molecule has 0 fully saturated rings. The molecule has 0 spiro atoms. The number of hydrogen-bond donors (Lipinski definition) is 0. The van der Waals surface area contributed by atoms with Crippen LogP contribution in [0.5, 0.6) is 0 Å². The Balaban J connectivity index is 3.31. The van der Waals surface area contributed by atoms with Crippen LogP contribution in [-0.4, -0.2) is 17.0 Å². The molecule has 0 aromatic heterocycles. The lowest BCUT2D eigenvalue weighted by Gasteiger charge is -2.06. The Bertz CT molecular complexity index is 126. The van der Waals surface area contributed by atoms with E-state index in [1.54, 1.807) is 0 Å². The van der Waals surface area contributed by atoms with Gasteiger partial charge in [0.15, 0.2) is 0 Å². The Morgan fingerprint density at radius 2 is 2.08 bits per heavy atom. The molecule has 12 heavy (non-hydrogen) atoms. The molecule has 0 heterocycles. The van der Waals surface area contributed by atoms with Gasteiger partial charge in [-0.25, -0.2) is 0 Å². The van der Waals surface area contributed by atoms with Crippen molar-refractivity contribution >= 4 is 28.6 Å². The van der Waals surface area contributed by atoms with E-state index in [0.29, 0.717) is 0 Å². The topological polar surface area (TPSA) is 26.3 Å². The van der Waals surface area contributed by atoms with Gasteiger partial charge in [0.1, 0.15) is 3.92 Å². The van der Waals surface area contributed by atoms with Gasteiger partial charge in [0.2, 0.25) is 0 Å². The summed E-state index contributed by atoms with van der Waals surface area (Å²) in [5, 5.41) is 0. The van der Waals surface area contributed by atoms with Gasteiger partial charge < -0.3 is 4.74 Å². The van der Waals surface area contributed by atoms with Crippen molar-refractivity contribution in [2.75, 3.05) is 7.11 Å². The zero-order valence-electron chi connectivity index (χ0n) is 7.81. The fourth-order valence-electron chi connectivity index (χ4n) is 0.996. The number of unbranched alkanes of at least 4 members (excludes halogenated alkanes) is 3. The summed E-state index contributed by atoms with van der Waals surface area (Å²) in [5.74, 6) is -0.0906. The molecule has 72 valence electrons. The Labute approximate surface area is 88.2 Å². The monoisotopic (exact) mass is 284 g/mol. The highest BCUT2D eigenvalue weighted by atomic mass is 127. The molecule has 0 aliphatic heterocycles. The summed E-state index contributed by atoms with van der Waals surface area (Å²) < 4.78 is 4.67. The predicted molar refractivity (Wildman–Crippen MR) is 58.6 cm³/mol. The van der Waals surface area contributed by atoms with Gasteiger partial charge in [-0.3, -0.25) is 4.79 Å². The van der Waals surface area contributed by atoms with Crippen LogP contribution in [0, 0.1) is 0 Å². The lowest BCUT2D eigenvalue weighted by molar-refractivity contribution is -0.139. The normalized spacial score (nSPS) is 12.6. The third kappa shape index (κ3) is 5.80. The fourth-order valence-corrected chi connectivity index (χ4v) is 1.69. The first kappa shape index (κ1) is 12.2. The van der Waals surface area contributed by atoms with Crippen molar-refractivity contribution in [3.05, 3.63) is 0 Å².